The van der Waals surface area contributed by atoms with Crippen LogP contribution in [-0.2, 0) is 33.4 Å². The van der Waals surface area contributed by atoms with Gasteiger partial charge in [-0.1, -0.05) is 13.5 Å². The second-order valence-electron chi connectivity index (χ2n) is 5.71. The van der Waals surface area contributed by atoms with Crippen molar-refractivity contribution in [1.82, 2.24) is 0 Å². The molecular weight excluding hydrogens is 300 g/mol. The Morgan fingerprint density at radius 1 is 1.38 bits per heavy atom. The van der Waals surface area contributed by atoms with E-state index in [0.29, 0.717) is 6.42 Å². The number of fused-ring (bicyclic) bond motifs is 1. The van der Waals surface area contributed by atoms with E-state index in [1.54, 1.807) is 0 Å². The summed E-state index contributed by atoms with van der Waals surface area (Å²) in [6, 6.07) is 0. The Morgan fingerprint density at radius 3 is 2.76 bits per heavy atom. The minimum absolute atomic E-state index is 0.0250. The first-order valence-corrected chi connectivity index (χ1v) is 8.23. The summed E-state index contributed by atoms with van der Waals surface area (Å²) >= 11 is 0. The maximum absolute atomic E-state index is 12.0. The van der Waals surface area contributed by atoms with Gasteiger partial charge in [-0.25, -0.2) is 9.59 Å². The summed E-state index contributed by atoms with van der Waals surface area (Å²) in [7, 11) is -3.70. The van der Waals surface area contributed by atoms with Crippen LogP contribution < -0.4 is 0 Å². The molecule has 0 N–H and O–H groups in total. The third kappa shape index (κ3) is 2.17. The summed E-state index contributed by atoms with van der Waals surface area (Å²) in [5.74, 6) is -1.60. The number of hydrogen-bond donors (Lipinski definition) is 0. The van der Waals surface area contributed by atoms with Crippen LogP contribution in [-0.4, -0.2) is 44.4 Å². The fourth-order valence-electron chi connectivity index (χ4n) is 3.82. The lowest BCUT2D eigenvalue weighted by molar-refractivity contribution is -0.162. The Bertz CT molecular complexity index is 596. The topological polar surface area (TPSA) is 96.0 Å². The van der Waals surface area contributed by atoms with E-state index in [2.05, 4.69) is 11.3 Å². The molecule has 1 heterocycles. The highest BCUT2D eigenvalue weighted by Gasteiger charge is 2.68. The molecule has 0 aromatic carbocycles. The smallest absolute Gasteiger partial charge is 0.344 e. The van der Waals surface area contributed by atoms with Gasteiger partial charge < -0.3 is 9.47 Å². The van der Waals surface area contributed by atoms with Crippen molar-refractivity contribution in [3.8, 4) is 0 Å². The van der Waals surface area contributed by atoms with Crippen LogP contribution in [0.1, 0.15) is 13.3 Å². The summed E-state index contributed by atoms with van der Waals surface area (Å²) in [6.45, 7) is 4.57. The van der Waals surface area contributed by atoms with E-state index in [-0.39, 0.29) is 23.9 Å². The molecule has 21 heavy (non-hydrogen) atoms. The molecule has 3 rings (SSSR count). The largest absolute Gasteiger partial charge is 0.458 e. The molecule has 116 valence electrons. The molecule has 3 fully saturated rings. The van der Waals surface area contributed by atoms with E-state index in [9.17, 15) is 18.0 Å². The number of hydrogen-bond acceptors (Lipinski definition) is 7. The molecule has 2 aliphatic carbocycles. The second-order valence-corrected chi connectivity index (χ2v) is 7.43. The highest BCUT2D eigenvalue weighted by Crippen LogP contribution is 2.58. The fourth-order valence-corrected chi connectivity index (χ4v) is 5.86. The molecule has 0 radical (unpaired) electrons. The van der Waals surface area contributed by atoms with Gasteiger partial charge in [-0.15, -0.1) is 0 Å². The molecule has 7 nitrogen and oxygen atoms in total. The molecule has 1 saturated heterocycles. The van der Waals surface area contributed by atoms with Gasteiger partial charge in [0.1, 0.15) is 11.4 Å². The van der Waals surface area contributed by atoms with Crippen LogP contribution >= 0.6 is 0 Å². The third-order valence-corrected chi connectivity index (χ3v) is 6.45. The molecule has 6 atom stereocenters. The minimum Gasteiger partial charge on any atom is -0.458 e. The molecule has 0 aromatic heterocycles. The van der Waals surface area contributed by atoms with Gasteiger partial charge in [0.2, 0.25) is 0 Å². The van der Waals surface area contributed by atoms with Gasteiger partial charge >= 0.3 is 11.9 Å². The zero-order chi connectivity index (χ0) is 15.4. The normalized spacial score (nSPS) is 41.8. The average molecular weight is 316 g/mol. The first kappa shape index (κ1) is 14.5. The monoisotopic (exact) mass is 316 g/mol. The molecule has 2 bridgehead atoms. The highest BCUT2D eigenvalue weighted by atomic mass is 32.2. The van der Waals surface area contributed by atoms with Crippen LogP contribution in [0.15, 0.2) is 12.7 Å². The van der Waals surface area contributed by atoms with E-state index < -0.39 is 40.0 Å². The maximum Gasteiger partial charge on any atom is 0.344 e. The van der Waals surface area contributed by atoms with Crippen molar-refractivity contribution in [1.29, 1.82) is 0 Å². The van der Waals surface area contributed by atoms with Crippen LogP contribution in [0.4, 0.5) is 0 Å². The Hall–Kier alpha value is -1.41. The van der Waals surface area contributed by atoms with E-state index >= 15 is 0 Å². The molecule has 0 aromatic rings. The summed E-state index contributed by atoms with van der Waals surface area (Å²) in [5, 5.41) is -0.789. The van der Waals surface area contributed by atoms with Gasteiger partial charge in [0.25, 0.3) is 10.1 Å². The molecule has 0 amide bonds. The van der Waals surface area contributed by atoms with Crippen molar-refractivity contribution in [2.45, 2.75) is 30.8 Å². The van der Waals surface area contributed by atoms with Crippen molar-refractivity contribution in [3.05, 3.63) is 12.7 Å². The molecule has 1 aliphatic heterocycles. The number of ether oxygens (including phenoxy) is 2. The number of rotatable bonds is 4. The van der Waals surface area contributed by atoms with E-state index in [1.807, 2.05) is 6.92 Å². The number of carbonyl (C=O) groups is 2. The maximum atomic E-state index is 12.0. The Labute approximate surface area is 122 Å². The van der Waals surface area contributed by atoms with Crippen LogP contribution in [0.3, 0.4) is 0 Å². The number of carbonyl (C=O) groups excluding carboxylic acids is 2. The van der Waals surface area contributed by atoms with Crippen LogP contribution in [0.5, 0.6) is 0 Å². The van der Waals surface area contributed by atoms with Gasteiger partial charge in [-0.05, 0) is 12.3 Å². The van der Waals surface area contributed by atoms with Gasteiger partial charge in [-0.3, -0.25) is 4.18 Å². The lowest BCUT2D eigenvalue weighted by Gasteiger charge is -2.29. The number of esters is 2. The highest BCUT2D eigenvalue weighted by molar-refractivity contribution is 7.87. The molecular formula is C13H16O7S. The lowest BCUT2D eigenvalue weighted by Crippen LogP contribution is -2.43. The summed E-state index contributed by atoms with van der Waals surface area (Å²) < 4.78 is 39.0. The molecule has 2 saturated carbocycles. The van der Waals surface area contributed by atoms with Crippen molar-refractivity contribution in [2.24, 2.45) is 17.8 Å². The zero-order valence-electron chi connectivity index (χ0n) is 11.4. The summed E-state index contributed by atoms with van der Waals surface area (Å²) in [5.41, 5.74) is 0. The third-order valence-electron chi connectivity index (χ3n) is 4.67. The minimum atomic E-state index is -3.70. The summed E-state index contributed by atoms with van der Waals surface area (Å²) in [6.07, 6.45) is 0.606. The van der Waals surface area contributed by atoms with Crippen molar-refractivity contribution < 1.29 is 31.7 Å². The van der Waals surface area contributed by atoms with Crippen LogP contribution in [0, 0.1) is 17.8 Å². The van der Waals surface area contributed by atoms with Crippen molar-refractivity contribution >= 4 is 22.1 Å². The lowest BCUT2D eigenvalue weighted by atomic mass is 9.85. The zero-order valence-corrected chi connectivity index (χ0v) is 12.2. The molecule has 0 spiro atoms. The SMILES string of the molecule is C=CC(=O)OCC(=O)OC1C2CC3C(OS(=O)(=O)C31)C2C. The van der Waals surface area contributed by atoms with Crippen molar-refractivity contribution in [2.75, 3.05) is 6.61 Å². The predicted octanol–water partition coefficient (Wildman–Crippen LogP) is 0.0104. The quantitative estimate of drug-likeness (QED) is 0.409. The van der Waals surface area contributed by atoms with Gasteiger partial charge in [-0.2, -0.15) is 8.42 Å². The van der Waals surface area contributed by atoms with Crippen LogP contribution in [0.25, 0.3) is 0 Å². The standard InChI is InChI=1S/C13H16O7S/c1-3-9(14)18-5-10(15)19-12-7-4-8-11(6(7)2)20-21(16,17)13(8)12/h3,6-8,11-13H,1,4-5H2,2H3. The van der Waals surface area contributed by atoms with Crippen LogP contribution in [0.2, 0.25) is 0 Å². The Kier molecular flexibility index (Phi) is 3.32. The first-order valence-electron chi connectivity index (χ1n) is 6.76. The Balaban J connectivity index is 1.70. The van der Waals surface area contributed by atoms with E-state index in [1.165, 1.54) is 0 Å². The molecule has 6 unspecified atom stereocenters. The Morgan fingerprint density at radius 2 is 2.10 bits per heavy atom. The predicted molar refractivity (Wildman–Crippen MR) is 69.4 cm³/mol. The van der Waals surface area contributed by atoms with Gasteiger partial charge in [0.05, 0.1) is 6.10 Å². The van der Waals surface area contributed by atoms with Crippen molar-refractivity contribution in [3.63, 3.8) is 0 Å². The second kappa shape index (κ2) is 4.81. The van der Waals surface area contributed by atoms with E-state index in [4.69, 9.17) is 8.92 Å². The first-order chi connectivity index (χ1) is 9.85. The fraction of sp³-hybridized carbons (Fsp3) is 0.692. The summed E-state index contributed by atoms with van der Waals surface area (Å²) in [4.78, 5) is 22.6. The van der Waals surface area contributed by atoms with Gasteiger partial charge in [0.15, 0.2) is 6.61 Å². The van der Waals surface area contributed by atoms with E-state index in [0.717, 1.165) is 6.08 Å². The molecule has 3 aliphatic rings. The van der Waals surface area contributed by atoms with Gasteiger partial charge in [0, 0.05) is 17.9 Å². The average Bonchev–Trinajstić information content (AvgIpc) is 3.00. The molecule has 8 heteroatoms.